The summed E-state index contributed by atoms with van der Waals surface area (Å²) < 4.78 is 5.63. The van der Waals surface area contributed by atoms with Crippen LogP contribution in [0.15, 0.2) is 60.7 Å². The number of benzene rings is 2. The molecule has 0 aliphatic carbocycles. The predicted molar refractivity (Wildman–Crippen MR) is 124 cm³/mol. The molecule has 1 unspecified atom stereocenters. The van der Waals surface area contributed by atoms with E-state index in [4.69, 9.17) is 17.0 Å². The zero-order valence-corrected chi connectivity index (χ0v) is 18.4. The molecule has 8 heteroatoms. The zero-order valence-electron chi connectivity index (χ0n) is 17.5. The van der Waals surface area contributed by atoms with E-state index >= 15 is 0 Å². The van der Waals surface area contributed by atoms with Crippen molar-refractivity contribution < 1.29 is 19.5 Å². The monoisotopic (exact) mass is 443 g/mol. The summed E-state index contributed by atoms with van der Waals surface area (Å²) in [6.07, 6.45) is 1.05. The van der Waals surface area contributed by atoms with Gasteiger partial charge in [-0.15, -0.1) is 0 Å². The normalized spacial score (nSPS) is 19.3. The zero-order chi connectivity index (χ0) is 21.9. The highest BCUT2D eigenvalue weighted by atomic mass is 32.1. The van der Waals surface area contributed by atoms with Gasteiger partial charge in [0.25, 0.3) is 0 Å². The molecule has 1 fully saturated rings. The number of carbonyl (C=O) groups is 1. The summed E-state index contributed by atoms with van der Waals surface area (Å²) in [5.74, 6) is -0.106. The number of aliphatic hydroxyl groups is 1. The Bertz CT molecular complexity index is 814. The van der Waals surface area contributed by atoms with Crippen LogP contribution in [0.4, 0.5) is 5.69 Å². The number of hydrogen-bond donors (Lipinski definition) is 5. The lowest BCUT2D eigenvalue weighted by Gasteiger charge is -2.30. The highest BCUT2D eigenvalue weighted by molar-refractivity contribution is 7.80. The van der Waals surface area contributed by atoms with Crippen molar-refractivity contribution in [3.8, 4) is 0 Å². The highest BCUT2D eigenvalue weighted by Crippen LogP contribution is 2.09. The lowest BCUT2D eigenvalue weighted by molar-refractivity contribution is -0.908. The molecule has 0 aromatic heterocycles. The third-order valence-electron chi connectivity index (χ3n) is 5.34. The molecule has 0 radical (unpaired) electrons. The van der Waals surface area contributed by atoms with E-state index in [9.17, 15) is 9.90 Å². The Morgan fingerprint density at radius 3 is 2.39 bits per heavy atom. The SMILES string of the molecule is O=C(NNC(=S)Nc1ccccc1)C1CC[NH+](CC(O)COCc2ccccc2)CC1. The van der Waals surface area contributed by atoms with Crippen molar-refractivity contribution in [3.05, 3.63) is 66.2 Å². The van der Waals surface area contributed by atoms with Crippen LogP contribution in [-0.4, -0.2) is 48.5 Å². The van der Waals surface area contributed by atoms with E-state index in [0.29, 0.717) is 24.9 Å². The van der Waals surface area contributed by atoms with Crippen LogP contribution >= 0.6 is 12.2 Å². The summed E-state index contributed by atoms with van der Waals surface area (Å²) in [4.78, 5) is 13.7. The van der Waals surface area contributed by atoms with Gasteiger partial charge in [0.2, 0.25) is 5.91 Å². The van der Waals surface area contributed by atoms with Gasteiger partial charge in [0.15, 0.2) is 5.11 Å². The number of ether oxygens (including phenoxy) is 1. The average molecular weight is 444 g/mol. The van der Waals surface area contributed by atoms with E-state index in [2.05, 4.69) is 16.2 Å². The maximum atomic E-state index is 12.4. The third-order valence-corrected chi connectivity index (χ3v) is 5.54. The quantitative estimate of drug-likeness (QED) is 0.308. The van der Waals surface area contributed by atoms with Crippen LogP contribution in [0, 0.1) is 5.92 Å². The summed E-state index contributed by atoms with van der Waals surface area (Å²) in [5.41, 5.74) is 7.42. The molecule has 3 rings (SSSR count). The van der Waals surface area contributed by atoms with Gasteiger partial charge in [-0.25, -0.2) is 0 Å². The van der Waals surface area contributed by atoms with Crippen LogP contribution in [0.1, 0.15) is 18.4 Å². The minimum atomic E-state index is -0.507. The molecule has 1 saturated heterocycles. The van der Waals surface area contributed by atoms with Crippen molar-refractivity contribution in [1.29, 1.82) is 0 Å². The number of nitrogens with one attached hydrogen (secondary N) is 4. The first kappa shape index (κ1) is 23.1. The topological polar surface area (TPSA) is 87.1 Å². The van der Waals surface area contributed by atoms with E-state index in [1.807, 2.05) is 60.7 Å². The van der Waals surface area contributed by atoms with Gasteiger partial charge < -0.3 is 20.1 Å². The molecular formula is C23H31N4O3S+. The summed E-state index contributed by atoms with van der Waals surface area (Å²) >= 11 is 5.21. The number of para-hydroxylation sites is 1. The van der Waals surface area contributed by atoms with Gasteiger partial charge in [-0.2, -0.15) is 0 Å². The van der Waals surface area contributed by atoms with Crippen molar-refractivity contribution >= 4 is 28.9 Å². The van der Waals surface area contributed by atoms with Gasteiger partial charge in [-0.05, 0) is 29.9 Å². The van der Waals surface area contributed by atoms with Crippen LogP contribution in [0.3, 0.4) is 0 Å². The molecule has 7 nitrogen and oxygen atoms in total. The predicted octanol–water partition coefficient (Wildman–Crippen LogP) is 0.877. The van der Waals surface area contributed by atoms with Crippen LogP contribution < -0.4 is 21.1 Å². The Kier molecular flexibility index (Phi) is 9.23. The first-order valence-corrected chi connectivity index (χ1v) is 11.1. The standard InChI is InChI=1S/C23H30N4O3S/c28-21(17-30-16-18-7-3-1-4-8-18)15-27-13-11-19(12-14-27)22(29)25-26-23(31)24-20-9-5-2-6-10-20/h1-10,19,21,28H,11-17H2,(H,25,29)(H2,24,26,31)/p+1. The minimum absolute atomic E-state index is 0.0528. The molecule has 0 spiro atoms. The summed E-state index contributed by atoms with van der Waals surface area (Å²) in [7, 11) is 0. The van der Waals surface area contributed by atoms with E-state index in [1.165, 1.54) is 4.90 Å². The molecule has 31 heavy (non-hydrogen) atoms. The minimum Gasteiger partial charge on any atom is -0.385 e. The Labute approximate surface area is 188 Å². The number of carbonyl (C=O) groups excluding carboxylic acids is 1. The van der Waals surface area contributed by atoms with Gasteiger partial charge >= 0.3 is 0 Å². The molecule has 2 aromatic rings. The first-order valence-electron chi connectivity index (χ1n) is 10.7. The van der Waals surface area contributed by atoms with Crippen molar-refractivity contribution in [2.24, 2.45) is 5.92 Å². The lowest BCUT2D eigenvalue weighted by atomic mass is 9.96. The van der Waals surface area contributed by atoms with Gasteiger partial charge in [-0.3, -0.25) is 15.6 Å². The molecule has 1 amide bonds. The van der Waals surface area contributed by atoms with Gasteiger partial charge in [-0.1, -0.05) is 48.5 Å². The molecule has 0 bridgehead atoms. The van der Waals surface area contributed by atoms with Crippen LogP contribution in [0.5, 0.6) is 0 Å². The van der Waals surface area contributed by atoms with E-state index in [0.717, 1.165) is 37.2 Å². The van der Waals surface area contributed by atoms with E-state index in [1.54, 1.807) is 0 Å². The second kappa shape index (κ2) is 12.4. The van der Waals surface area contributed by atoms with Gasteiger partial charge in [0.05, 0.1) is 32.2 Å². The Balaban J connectivity index is 1.28. The number of anilines is 1. The van der Waals surface area contributed by atoms with Gasteiger partial charge in [0.1, 0.15) is 12.6 Å². The number of hydrogen-bond acceptors (Lipinski definition) is 4. The fraction of sp³-hybridized carbons (Fsp3) is 0.391. The second-order valence-corrected chi connectivity index (χ2v) is 8.23. The molecule has 1 heterocycles. The highest BCUT2D eigenvalue weighted by Gasteiger charge is 2.28. The molecule has 1 aliphatic heterocycles. The number of likely N-dealkylation sites (tertiary alicyclic amines) is 1. The average Bonchev–Trinajstić information content (AvgIpc) is 2.79. The number of aliphatic hydroxyl groups excluding tert-OH is 1. The molecule has 2 aromatic carbocycles. The number of quaternary nitrogens is 1. The number of piperidine rings is 1. The largest absolute Gasteiger partial charge is 0.385 e. The molecule has 0 saturated carbocycles. The lowest BCUT2D eigenvalue weighted by Crippen LogP contribution is -3.14. The molecule has 1 atom stereocenters. The van der Waals surface area contributed by atoms with Crippen molar-refractivity contribution in [2.75, 3.05) is 31.6 Å². The Hall–Kier alpha value is -2.52. The third kappa shape index (κ3) is 8.26. The first-order chi connectivity index (χ1) is 15.1. The number of rotatable bonds is 8. The Morgan fingerprint density at radius 1 is 1.06 bits per heavy atom. The smallest absolute Gasteiger partial charge is 0.241 e. The fourth-order valence-corrected chi connectivity index (χ4v) is 3.84. The molecule has 166 valence electrons. The summed E-state index contributed by atoms with van der Waals surface area (Å²) in [6, 6.07) is 19.5. The Morgan fingerprint density at radius 2 is 1.71 bits per heavy atom. The van der Waals surface area contributed by atoms with Crippen molar-refractivity contribution in [1.82, 2.24) is 10.9 Å². The van der Waals surface area contributed by atoms with Crippen LogP contribution in [0.2, 0.25) is 0 Å². The van der Waals surface area contributed by atoms with Gasteiger partial charge in [0, 0.05) is 18.5 Å². The van der Waals surface area contributed by atoms with Crippen molar-refractivity contribution in [2.45, 2.75) is 25.6 Å². The second-order valence-electron chi connectivity index (χ2n) is 7.82. The van der Waals surface area contributed by atoms with E-state index in [-0.39, 0.29) is 11.8 Å². The van der Waals surface area contributed by atoms with Crippen LogP contribution in [-0.2, 0) is 16.1 Å². The summed E-state index contributed by atoms with van der Waals surface area (Å²) in [5, 5.41) is 13.6. The number of amides is 1. The summed E-state index contributed by atoms with van der Waals surface area (Å²) in [6.45, 7) is 3.15. The fourth-order valence-electron chi connectivity index (χ4n) is 3.68. The molecular weight excluding hydrogens is 412 g/mol. The maximum Gasteiger partial charge on any atom is 0.241 e. The molecule has 5 N–H and O–H groups in total. The number of hydrazine groups is 1. The van der Waals surface area contributed by atoms with E-state index < -0.39 is 6.10 Å². The van der Waals surface area contributed by atoms with Crippen LogP contribution in [0.25, 0.3) is 0 Å². The molecule has 1 aliphatic rings. The number of thiocarbonyl (C=S) groups is 1. The maximum absolute atomic E-state index is 12.4. The van der Waals surface area contributed by atoms with Crippen molar-refractivity contribution in [3.63, 3.8) is 0 Å².